The maximum Gasteiger partial charge on any atom is 0.187 e. The number of methoxy groups -OCH3 is 1. The Labute approximate surface area is 306 Å². The van der Waals surface area contributed by atoms with Gasteiger partial charge in [-0.3, -0.25) is 0 Å². The lowest BCUT2D eigenvalue weighted by Crippen LogP contribution is -2.48. The summed E-state index contributed by atoms with van der Waals surface area (Å²) in [6.07, 6.45) is 0.917. The van der Waals surface area contributed by atoms with E-state index in [-0.39, 0.29) is 26.4 Å². The van der Waals surface area contributed by atoms with Gasteiger partial charge in [-0.15, -0.1) is 0 Å². The van der Waals surface area contributed by atoms with Gasteiger partial charge in [0.1, 0.15) is 36.6 Å². The van der Waals surface area contributed by atoms with Crippen LogP contribution in [0.3, 0.4) is 0 Å². The molecule has 0 radical (unpaired) electrons. The normalized spacial score (nSPS) is 21.4. The van der Waals surface area contributed by atoms with Crippen LogP contribution in [0.1, 0.15) is 39.8 Å². The molecule has 1 aliphatic carbocycles. The first-order chi connectivity index (χ1) is 25.6. The number of hydrogen-bond donors (Lipinski definition) is 2. The Morgan fingerprint density at radius 2 is 1.31 bits per heavy atom. The Balaban J connectivity index is 1.26. The molecule has 1 aliphatic heterocycles. The lowest BCUT2D eigenvalue weighted by molar-refractivity contribution is -0.220. The summed E-state index contributed by atoms with van der Waals surface area (Å²) in [6, 6.07) is 36.4. The highest BCUT2D eigenvalue weighted by molar-refractivity contribution is 5.56. The van der Waals surface area contributed by atoms with Gasteiger partial charge in [0.25, 0.3) is 0 Å². The van der Waals surface area contributed by atoms with Crippen LogP contribution in [0.4, 0.5) is 0 Å². The molecule has 1 heterocycles. The third-order valence-corrected chi connectivity index (χ3v) is 9.44. The molecule has 4 aromatic carbocycles. The van der Waals surface area contributed by atoms with Crippen molar-refractivity contribution in [2.75, 3.05) is 26.9 Å². The monoisotopic (exact) mass is 710 g/mol. The van der Waals surface area contributed by atoms with Gasteiger partial charge < -0.3 is 43.4 Å². The maximum atomic E-state index is 10.7. The van der Waals surface area contributed by atoms with Gasteiger partial charge in [-0.25, -0.2) is 0 Å². The van der Waals surface area contributed by atoms with Gasteiger partial charge in [-0.1, -0.05) is 121 Å². The van der Waals surface area contributed by atoms with Gasteiger partial charge in [-0.05, 0) is 46.2 Å². The number of aryl methyl sites for hydroxylation is 1. The molecule has 276 valence electrons. The van der Waals surface area contributed by atoms with Gasteiger partial charge >= 0.3 is 0 Å². The summed E-state index contributed by atoms with van der Waals surface area (Å²) in [5.74, 6) is 0. The zero-order valence-corrected chi connectivity index (χ0v) is 29.7. The molecule has 0 aromatic heterocycles. The fraction of sp³-hybridized carbons (Fsp3) is 0.395. The number of aliphatic hydroxyl groups excluding tert-OH is 2. The van der Waals surface area contributed by atoms with E-state index in [1.165, 1.54) is 18.2 Å². The Hall–Kier alpha value is -3.74. The molecule has 4 aromatic rings. The number of aliphatic hydroxyl groups is 2. The van der Waals surface area contributed by atoms with E-state index < -0.39 is 42.9 Å². The fourth-order valence-corrected chi connectivity index (χ4v) is 6.55. The molecule has 2 aliphatic rings. The first kappa shape index (κ1) is 38.0. The molecular formula is C43H50O9. The van der Waals surface area contributed by atoms with Crippen LogP contribution in [-0.4, -0.2) is 80.1 Å². The lowest BCUT2D eigenvalue weighted by Gasteiger charge is -2.34. The van der Waals surface area contributed by atoms with E-state index in [1.54, 1.807) is 0 Å². The van der Waals surface area contributed by atoms with Crippen molar-refractivity contribution in [3.63, 3.8) is 0 Å². The van der Waals surface area contributed by atoms with E-state index in [1.807, 2.05) is 91.0 Å². The predicted molar refractivity (Wildman–Crippen MR) is 197 cm³/mol. The smallest absolute Gasteiger partial charge is 0.187 e. The summed E-state index contributed by atoms with van der Waals surface area (Å²) in [5, 5.41) is 20.5. The first-order valence-electron chi connectivity index (χ1n) is 18.0. The molecule has 6 rings (SSSR count). The van der Waals surface area contributed by atoms with Crippen molar-refractivity contribution in [3.8, 4) is 0 Å². The zero-order chi connectivity index (χ0) is 36.0. The minimum absolute atomic E-state index is 0.0191. The molecule has 0 bridgehead atoms. The second-order valence-corrected chi connectivity index (χ2v) is 13.2. The van der Waals surface area contributed by atoms with Crippen molar-refractivity contribution in [3.05, 3.63) is 149 Å². The highest BCUT2D eigenvalue weighted by atomic mass is 16.7. The number of ether oxygens (including phenoxy) is 7. The third kappa shape index (κ3) is 10.7. The average molecular weight is 711 g/mol. The summed E-state index contributed by atoms with van der Waals surface area (Å²) >= 11 is 0. The molecule has 7 unspecified atom stereocenters. The highest BCUT2D eigenvalue weighted by Crippen LogP contribution is 2.27. The fourth-order valence-electron chi connectivity index (χ4n) is 6.55. The summed E-state index contributed by atoms with van der Waals surface area (Å²) in [4.78, 5) is 0. The number of rotatable bonds is 20. The summed E-state index contributed by atoms with van der Waals surface area (Å²) in [7, 11) is 1.48. The maximum absolute atomic E-state index is 10.7. The minimum atomic E-state index is -1.05. The Morgan fingerprint density at radius 1 is 0.712 bits per heavy atom. The minimum Gasteiger partial charge on any atom is -0.394 e. The van der Waals surface area contributed by atoms with Gasteiger partial charge in [0.2, 0.25) is 0 Å². The van der Waals surface area contributed by atoms with Gasteiger partial charge in [0, 0.05) is 7.11 Å². The van der Waals surface area contributed by atoms with E-state index in [0.717, 1.165) is 35.1 Å². The van der Waals surface area contributed by atoms with Crippen LogP contribution in [-0.2, 0) is 66.0 Å². The molecule has 2 N–H and O–H groups in total. The Morgan fingerprint density at radius 3 is 1.90 bits per heavy atom. The van der Waals surface area contributed by atoms with Crippen molar-refractivity contribution in [2.45, 2.75) is 82.2 Å². The van der Waals surface area contributed by atoms with Crippen molar-refractivity contribution >= 4 is 6.08 Å². The molecule has 1 fully saturated rings. The third-order valence-electron chi connectivity index (χ3n) is 9.44. The molecule has 0 amide bonds. The standard InChI is InChI=1S/C43H50O9/c1-46-42-40(45)37(24-44)52-43(42)51-30-39(49-27-32-15-7-3-8-16-32)41(50-28-33-17-9-4-10-18-33)38(48-26-31-13-5-2-6-14-31)29-47-25-34-21-22-35-19-11-12-20-36(35)23-34/h2-11,13-19,21-23,37-45H,12,20,24-30H2,1H3. The summed E-state index contributed by atoms with van der Waals surface area (Å²) < 4.78 is 44.2. The van der Waals surface area contributed by atoms with Crippen LogP contribution in [0.5, 0.6) is 0 Å². The van der Waals surface area contributed by atoms with Gasteiger partial charge in [0.05, 0.1) is 46.2 Å². The molecular weight excluding hydrogens is 660 g/mol. The number of hydrogen-bond acceptors (Lipinski definition) is 9. The zero-order valence-electron chi connectivity index (χ0n) is 29.7. The summed E-state index contributed by atoms with van der Waals surface area (Å²) in [5.41, 5.74) is 6.67. The van der Waals surface area contributed by atoms with Crippen LogP contribution in [0.2, 0.25) is 0 Å². The van der Waals surface area contributed by atoms with Gasteiger partial charge in [0.15, 0.2) is 6.29 Å². The van der Waals surface area contributed by atoms with E-state index in [9.17, 15) is 10.2 Å². The van der Waals surface area contributed by atoms with Crippen LogP contribution in [0, 0.1) is 0 Å². The average Bonchev–Trinajstić information content (AvgIpc) is 3.51. The molecule has 1 saturated heterocycles. The van der Waals surface area contributed by atoms with Crippen LogP contribution in [0.25, 0.3) is 6.08 Å². The van der Waals surface area contributed by atoms with Crippen LogP contribution >= 0.6 is 0 Å². The topological polar surface area (TPSA) is 105 Å². The second-order valence-electron chi connectivity index (χ2n) is 13.2. The number of allylic oxidation sites excluding steroid dienone is 1. The Kier molecular flexibility index (Phi) is 14.6. The molecule has 0 spiro atoms. The molecule has 9 heteroatoms. The molecule has 0 saturated carbocycles. The van der Waals surface area contributed by atoms with Gasteiger partial charge in [-0.2, -0.15) is 0 Å². The van der Waals surface area contributed by atoms with Crippen LogP contribution < -0.4 is 0 Å². The Bertz CT molecular complexity index is 1630. The van der Waals surface area contributed by atoms with E-state index >= 15 is 0 Å². The summed E-state index contributed by atoms with van der Waals surface area (Å²) in [6.45, 7) is 1.20. The largest absolute Gasteiger partial charge is 0.394 e. The second kappa shape index (κ2) is 19.9. The molecule has 52 heavy (non-hydrogen) atoms. The van der Waals surface area contributed by atoms with Crippen LogP contribution in [0.15, 0.2) is 115 Å². The quantitative estimate of drug-likeness (QED) is 0.114. The predicted octanol–water partition coefficient (Wildman–Crippen LogP) is 6.03. The molecule has 7 atom stereocenters. The first-order valence-corrected chi connectivity index (χ1v) is 18.0. The van der Waals surface area contributed by atoms with E-state index in [2.05, 4.69) is 30.4 Å². The lowest BCUT2D eigenvalue weighted by atomic mass is 9.96. The van der Waals surface area contributed by atoms with Crippen molar-refractivity contribution in [1.29, 1.82) is 0 Å². The number of fused-ring (bicyclic) bond motifs is 1. The number of benzene rings is 4. The van der Waals surface area contributed by atoms with E-state index in [0.29, 0.717) is 19.8 Å². The highest BCUT2D eigenvalue weighted by Gasteiger charge is 2.45. The molecule has 9 nitrogen and oxygen atoms in total. The van der Waals surface area contributed by atoms with Crippen molar-refractivity contribution in [2.24, 2.45) is 0 Å². The van der Waals surface area contributed by atoms with E-state index in [4.69, 9.17) is 33.2 Å². The SMILES string of the molecule is COC1C(OCC(OCc2ccccc2)C(OCc2ccccc2)C(COCc2ccc3c(c2)CCC=C3)OCc2ccccc2)OC(CO)C1O. The van der Waals surface area contributed by atoms with Crippen molar-refractivity contribution < 1.29 is 43.4 Å². The van der Waals surface area contributed by atoms with Crippen molar-refractivity contribution in [1.82, 2.24) is 0 Å².